The highest BCUT2D eigenvalue weighted by atomic mass is 16.3. The standard InChI is InChI=1S/C17H23NO2/c19-11-15-6-3-7-16(15)18-17(20)14-9-8-12-4-1-2-5-13(12)10-14/h1-2,4-5,14-16,19H,3,6-11H2,(H,18,20). The number of hydrogen-bond acceptors (Lipinski definition) is 2. The maximum absolute atomic E-state index is 12.4. The number of aliphatic hydroxyl groups excluding tert-OH is 1. The minimum atomic E-state index is 0.102. The first-order valence-electron chi connectivity index (χ1n) is 7.76. The number of aryl methyl sites for hydroxylation is 1. The molecule has 20 heavy (non-hydrogen) atoms. The van der Waals surface area contributed by atoms with E-state index >= 15 is 0 Å². The third kappa shape index (κ3) is 2.73. The maximum atomic E-state index is 12.4. The zero-order valence-corrected chi connectivity index (χ0v) is 11.8. The number of benzene rings is 1. The maximum Gasteiger partial charge on any atom is 0.223 e. The number of carbonyl (C=O) groups excluding carboxylic acids is 1. The normalized spacial score (nSPS) is 28.9. The van der Waals surface area contributed by atoms with Crippen molar-refractivity contribution in [1.82, 2.24) is 5.32 Å². The van der Waals surface area contributed by atoms with Crippen LogP contribution in [0.15, 0.2) is 24.3 Å². The first kappa shape index (κ1) is 13.6. The summed E-state index contributed by atoms with van der Waals surface area (Å²) in [7, 11) is 0. The second-order valence-electron chi connectivity index (χ2n) is 6.20. The van der Waals surface area contributed by atoms with Crippen LogP contribution >= 0.6 is 0 Å². The highest BCUT2D eigenvalue weighted by molar-refractivity contribution is 5.79. The van der Waals surface area contributed by atoms with Gasteiger partial charge in [0.05, 0.1) is 0 Å². The van der Waals surface area contributed by atoms with E-state index in [1.807, 2.05) is 0 Å². The smallest absolute Gasteiger partial charge is 0.223 e. The van der Waals surface area contributed by atoms with Crippen molar-refractivity contribution < 1.29 is 9.90 Å². The van der Waals surface area contributed by atoms with Crippen LogP contribution in [-0.2, 0) is 17.6 Å². The molecule has 0 saturated heterocycles. The highest BCUT2D eigenvalue weighted by Gasteiger charge is 2.31. The molecule has 1 saturated carbocycles. The van der Waals surface area contributed by atoms with Crippen molar-refractivity contribution in [1.29, 1.82) is 0 Å². The molecule has 1 aromatic rings. The monoisotopic (exact) mass is 273 g/mol. The third-order valence-electron chi connectivity index (χ3n) is 4.94. The van der Waals surface area contributed by atoms with Gasteiger partial charge < -0.3 is 10.4 Å². The van der Waals surface area contributed by atoms with E-state index in [-0.39, 0.29) is 30.4 Å². The molecule has 0 aliphatic heterocycles. The second-order valence-corrected chi connectivity index (χ2v) is 6.20. The average Bonchev–Trinajstić information content (AvgIpc) is 2.94. The number of rotatable bonds is 3. The van der Waals surface area contributed by atoms with Gasteiger partial charge in [0.1, 0.15) is 0 Å². The van der Waals surface area contributed by atoms with Crippen molar-refractivity contribution in [2.75, 3.05) is 6.61 Å². The Morgan fingerprint density at radius 1 is 1.20 bits per heavy atom. The molecule has 0 spiro atoms. The zero-order valence-electron chi connectivity index (χ0n) is 11.8. The number of nitrogens with one attached hydrogen (secondary N) is 1. The summed E-state index contributed by atoms with van der Waals surface area (Å²) in [4.78, 5) is 12.4. The number of fused-ring (bicyclic) bond motifs is 1. The van der Waals surface area contributed by atoms with Crippen molar-refractivity contribution in [3.8, 4) is 0 Å². The predicted molar refractivity (Wildman–Crippen MR) is 78.3 cm³/mol. The molecule has 2 aliphatic carbocycles. The molecule has 3 unspecified atom stereocenters. The van der Waals surface area contributed by atoms with Crippen molar-refractivity contribution in [2.45, 2.75) is 44.6 Å². The Balaban J connectivity index is 1.61. The minimum absolute atomic E-state index is 0.102. The van der Waals surface area contributed by atoms with Crippen molar-refractivity contribution in [2.24, 2.45) is 11.8 Å². The number of aliphatic hydroxyl groups is 1. The minimum Gasteiger partial charge on any atom is -0.396 e. The lowest BCUT2D eigenvalue weighted by atomic mass is 9.83. The van der Waals surface area contributed by atoms with Gasteiger partial charge in [-0.15, -0.1) is 0 Å². The summed E-state index contributed by atoms with van der Waals surface area (Å²) in [5.74, 6) is 0.546. The van der Waals surface area contributed by atoms with E-state index in [1.54, 1.807) is 0 Å². The molecule has 3 heteroatoms. The van der Waals surface area contributed by atoms with E-state index in [4.69, 9.17) is 0 Å². The topological polar surface area (TPSA) is 49.3 Å². The van der Waals surface area contributed by atoms with Crippen LogP contribution in [0.1, 0.15) is 36.8 Å². The molecular weight excluding hydrogens is 250 g/mol. The summed E-state index contributed by atoms with van der Waals surface area (Å²) in [6.07, 6.45) is 5.97. The van der Waals surface area contributed by atoms with Gasteiger partial charge in [-0.05, 0) is 43.2 Å². The van der Waals surface area contributed by atoms with Gasteiger partial charge in [0, 0.05) is 24.5 Å². The van der Waals surface area contributed by atoms with Crippen LogP contribution in [0, 0.1) is 11.8 Å². The molecule has 0 aromatic heterocycles. The average molecular weight is 273 g/mol. The zero-order chi connectivity index (χ0) is 13.9. The Kier molecular flexibility index (Phi) is 4.06. The Hall–Kier alpha value is -1.35. The summed E-state index contributed by atoms with van der Waals surface area (Å²) in [6.45, 7) is 0.193. The molecule has 3 rings (SSSR count). The number of carbonyl (C=O) groups is 1. The van der Waals surface area contributed by atoms with Gasteiger partial charge >= 0.3 is 0 Å². The largest absolute Gasteiger partial charge is 0.396 e. The first-order valence-corrected chi connectivity index (χ1v) is 7.76. The molecule has 0 bridgehead atoms. The third-order valence-corrected chi connectivity index (χ3v) is 4.94. The lowest BCUT2D eigenvalue weighted by Crippen LogP contribution is -2.43. The van der Waals surface area contributed by atoms with Crippen LogP contribution in [-0.4, -0.2) is 23.7 Å². The molecule has 108 valence electrons. The van der Waals surface area contributed by atoms with Crippen LogP contribution in [0.5, 0.6) is 0 Å². The fourth-order valence-corrected chi connectivity index (χ4v) is 3.67. The molecule has 3 atom stereocenters. The molecule has 2 N–H and O–H groups in total. The van der Waals surface area contributed by atoms with Gasteiger partial charge in [0.2, 0.25) is 5.91 Å². The van der Waals surface area contributed by atoms with Crippen LogP contribution in [0.3, 0.4) is 0 Å². The molecule has 1 amide bonds. The van der Waals surface area contributed by atoms with Crippen molar-refractivity contribution in [3.63, 3.8) is 0 Å². The summed E-state index contributed by atoms with van der Waals surface area (Å²) in [6, 6.07) is 8.62. The summed E-state index contributed by atoms with van der Waals surface area (Å²) >= 11 is 0. The fourth-order valence-electron chi connectivity index (χ4n) is 3.67. The van der Waals surface area contributed by atoms with Crippen molar-refractivity contribution in [3.05, 3.63) is 35.4 Å². The lowest BCUT2D eigenvalue weighted by Gasteiger charge is -2.27. The summed E-state index contributed by atoms with van der Waals surface area (Å²) < 4.78 is 0. The van der Waals surface area contributed by atoms with E-state index < -0.39 is 0 Å². The first-order chi connectivity index (χ1) is 9.78. The molecule has 0 radical (unpaired) electrons. The van der Waals surface area contributed by atoms with Gasteiger partial charge in [-0.3, -0.25) is 4.79 Å². The van der Waals surface area contributed by atoms with Crippen LogP contribution in [0.25, 0.3) is 0 Å². The Bertz CT molecular complexity index is 486. The summed E-state index contributed by atoms with van der Waals surface area (Å²) in [5, 5.41) is 12.5. The molecule has 3 nitrogen and oxygen atoms in total. The fraction of sp³-hybridized carbons (Fsp3) is 0.588. The Morgan fingerprint density at radius 2 is 2.00 bits per heavy atom. The lowest BCUT2D eigenvalue weighted by molar-refractivity contribution is -0.126. The highest BCUT2D eigenvalue weighted by Crippen LogP contribution is 2.28. The summed E-state index contributed by atoms with van der Waals surface area (Å²) in [5.41, 5.74) is 2.72. The SMILES string of the molecule is O=C(NC1CCCC1CO)C1CCc2ccccc2C1. The van der Waals surface area contributed by atoms with Crippen LogP contribution in [0.2, 0.25) is 0 Å². The van der Waals surface area contributed by atoms with Crippen molar-refractivity contribution >= 4 is 5.91 Å². The molecule has 0 heterocycles. The quantitative estimate of drug-likeness (QED) is 0.885. The second kappa shape index (κ2) is 5.96. The Labute approximate surface area is 120 Å². The van der Waals surface area contributed by atoms with E-state index in [9.17, 15) is 9.90 Å². The van der Waals surface area contributed by atoms with Crippen LogP contribution in [0.4, 0.5) is 0 Å². The van der Waals surface area contributed by atoms with Gasteiger partial charge in [-0.2, -0.15) is 0 Å². The molecular formula is C17H23NO2. The molecule has 1 aromatic carbocycles. The Morgan fingerprint density at radius 3 is 2.80 bits per heavy atom. The van der Waals surface area contributed by atoms with Gasteiger partial charge in [-0.25, -0.2) is 0 Å². The molecule has 2 aliphatic rings. The van der Waals surface area contributed by atoms with Gasteiger partial charge in [0.25, 0.3) is 0 Å². The van der Waals surface area contributed by atoms with E-state index in [2.05, 4.69) is 29.6 Å². The van der Waals surface area contributed by atoms with E-state index in [0.29, 0.717) is 0 Å². The molecule has 1 fully saturated rings. The van der Waals surface area contributed by atoms with E-state index in [0.717, 1.165) is 38.5 Å². The van der Waals surface area contributed by atoms with E-state index in [1.165, 1.54) is 11.1 Å². The number of hydrogen-bond donors (Lipinski definition) is 2. The predicted octanol–water partition coefficient (Wildman–Crippen LogP) is 2.07. The van der Waals surface area contributed by atoms with Gasteiger partial charge in [-0.1, -0.05) is 30.7 Å². The van der Waals surface area contributed by atoms with Crippen LogP contribution < -0.4 is 5.32 Å². The number of amides is 1. The van der Waals surface area contributed by atoms with Gasteiger partial charge in [0.15, 0.2) is 0 Å².